The molecule has 5 heteroatoms. The molecule has 198 valence electrons. The maximum absolute atomic E-state index is 15.1. The Balaban J connectivity index is 1.43. The number of hydrogen-bond donors (Lipinski definition) is 0. The molecule has 1 aliphatic heterocycles. The molecule has 0 spiro atoms. The van der Waals surface area contributed by atoms with Crippen LogP contribution < -0.4 is 0 Å². The van der Waals surface area contributed by atoms with Crippen LogP contribution in [0.3, 0.4) is 0 Å². The van der Waals surface area contributed by atoms with E-state index in [4.69, 9.17) is 4.74 Å². The lowest BCUT2D eigenvalue weighted by Gasteiger charge is -2.30. The standard InChI is InChI=1S/C32H36F4O/c1-3-5-6-7-8-9-21-10-19-28(37-20-21)27-18-17-26(31(35)32(27)36)24-13-11-23(12-14-24)25-16-15-22(4-2)29(33)30(25)34/h11-18,21,28H,3-10,19-20H2,1-2H3. The van der Waals surface area contributed by atoms with Gasteiger partial charge in [-0.2, -0.15) is 0 Å². The quantitative estimate of drug-likeness (QED) is 0.194. The minimum Gasteiger partial charge on any atom is -0.373 e. The molecule has 1 nitrogen and oxygen atoms in total. The highest BCUT2D eigenvalue weighted by molar-refractivity contribution is 5.71. The molecule has 0 radical (unpaired) electrons. The van der Waals surface area contributed by atoms with Crippen LogP contribution in [-0.4, -0.2) is 6.61 Å². The van der Waals surface area contributed by atoms with Gasteiger partial charge in [-0.05, 0) is 48.3 Å². The number of halogens is 4. The smallest absolute Gasteiger partial charge is 0.167 e. The van der Waals surface area contributed by atoms with Crippen molar-refractivity contribution in [2.75, 3.05) is 6.61 Å². The summed E-state index contributed by atoms with van der Waals surface area (Å²) in [5.74, 6) is -3.07. The monoisotopic (exact) mass is 512 g/mol. The molecule has 1 heterocycles. The van der Waals surface area contributed by atoms with Gasteiger partial charge >= 0.3 is 0 Å². The molecular weight excluding hydrogens is 476 g/mol. The number of unbranched alkanes of at least 4 members (excludes halogenated alkanes) is 4. The van der Waals surface area contributed by atoms with Gasteiger partial charge in [0.05, 0.1) is 12.7 Å². The van der Waals surface area contributed by atoms with Gasteiger partial charge in [-0.3, -0.25) is 0 Å². The molecule has 3 aromatic rings. The van der Waals surface area contributed by atoms with Crippen LogP contribution in [0.1, 0.15) is 82.4 Å². The van der Waals surface area contributed by atoms with Crippen LogP contribution in [0.4, 0.5) is 17.6 Å². The second-order valence-corrected chi connectivity index (χ2v) is 10.1. The van der Waals surface area contributed by atoms with Crippen LogP contribution in [0, 0.1) is 29.2 Å². The van der Waals surface area contributed by atoms with Gasteiger partial charge in [-0.25, -0.2) is 17.6 Å². The van der Waals surface area contributed by atoms with E-state index in [1.165, 1.54) is 32.1 Å². The van der Waals surface area contributed by atoms with Gasteiger partial charge in [-0.1, -0.05) is 94.5 Å². The Morgan fingerprint density at radius 2 is 1.30 bits per heavy atom. The first-order chi connectivity index (χ1) is 17.9. The summed E-state index contributed by atoms with van der Waals surface area (Å²) in [4.78, 5) is 0. The van der Waals surface area contributed by atoms with E-state index in [1.54, 1.807) is 55.5 Å². The van der Waals surface area contributed by atoms with E-state index in [0.717, 1.165) is 12.8 Å². The zero-order valence-electron chi connectivity index (χ0n) is 21.8. The van der Waals surface area contributed by atoms with Gasteiger partial charge < -0.3 is 4.74 Å². The Bertz CT molecular complexity index is 1180. The molecular formula is C32H36F4O. The molecule has 0 bridgehead atoms. The predicted molar refractivity (Wildman–Crippen MR) is 141 cm³/mol. The Hall–Kier alpha value is -2.66. The first-order valence-electron chi connectivity index (χ1n) is 13.6. The van der Waals surface area contributed by atoms with Crippen molar-refractivity contribution in [1.29, 1.82) is 0 Å². The van der Waals surface area contributed by atoms with Crippen LogP contribution in [0.15, 0.2) is 48.5 Å². The molecule has 3 aromatic carbocycles. The lowest BCUT2D eigenvalue weighted by atomic mass is 9.90. The number of rotatable bonds is 10. The summed E-state index contributed by atoms with van der Waals surface area (Å²) in [5.41, 5.74) is 1.77. The van der Waals surface area contributed by atoms with Crippen LogP contribution in [0.25, 0.3) is 22.3 Å². The van der Waals surface area contributed by atoms with Gasteiger partial charge in [-0.15, -0.1) is 0 Å². The topological polar surface area (TPSA) is 9.23 Å². The summed E-state index contributed by atoms with van der Waals surface area (Å²) >= 11 is 0. The van der Waals surface area contributed by atoms with Crippen molar-refractivity contribution >= 4 is 0 Å². The van der Waals surface area contributed by atoms with Crippen molar-refractivity contribution in [1.82, 2.24) is 0 Å². The minimum absolute atomic E-state index is 0.126. The van der Waals surface area contributed by atoms with E-state index in [-0.39, 0.29) is 16.7 Å². The molecule has 2 atom stereocenters. The predicted octanol–water partition coefficient (Wildman–Crippen LogP) is 9.97. The zero-order valence-corrected chi connectivity index (χ0v) is 21.8. The van der Waals surface area contributed by atoms with Gasteiger partial charge in [0.25, 0.3) is 0 Å². The summed E-state index contributed by atoms with van der Waals surface area (Å²) in [6.07, 6.45) is 8.94. The largest absolute Gasteiger partial charge is 0.373 e. The Labute approximate surface area is 217 Å². The van der Waals surface area contributed by atoms with Gasteiger partial charge in [0.2, 0.25) is 0 Å². The van der Waals surface area contributed by atoms with E-state index in [0.29, 0.717) is 42.1 Å². The van der Waals surface area contributed by atoms with E-state index in [1.807, 2.05) is 0 Å². The van der Waals surface area contributed by atoms with E-state index < -0.39 is 29.4 Å². The lowest BCUT2D eigenvalue weighted by Crippen LogP contribution is -2.21. The zero-order chi connectivity index (χ0) is 26.4. The van der Waals surface area contributed by atoms with Crippen molar-refractivity contribution in [3.05, 3.63) is 82.9 Å². The molecule has 2 unspecified atom stereocenters. The van der Waals surface area contributed by atoms with Crippen LogP contribution in [-0.2, 0) is 11.2 Å². The fourth-order valence-corrected chi connectivity index (χ4v) is 5.27. The molecule has 4 rings (SSSR count). The van der Waals surface area contributed by atoms with Crippen LogP contribution in [0.2, 0.25) is 0 Å². The molecule has 37 heavy (non-hydrogen) atoms. The van der Waals surface area contributed by atoms with Gasteiger partial charge in [0, 0.05) is 16.7 Å². The number of ether oxygens (including phenoxy) is 1. The third kappa shape index (κ3) is 6.26. The van der Waals surface area contributed by atoms with Crippen molar-refractivity contribution in [2.45, 2.75) is 77.7 Å². The lowest BCUT2D eigenvalue weighted by molar-refractivity contribution is -0.0218. The van der Waals surface area contributed by atoms with Crippen molar-refractivity contribution in [3.63, 3.8) is 0 Å². The average molecular weight is 513 g/mol. The second-order valence-electron chi connectivity index (χ2n) is 10.1. The number of aryl methyl sites for hydroxylation is 1. The summed E-state index contributed by atoms with van der Waals surface area (Å²) in [5, 5.41) is 0. The molecule has 1 saturated heterocycles. The highest BCUT2D eigenvalue weighted by Gasteiger charge is 2.27. The molecule has 1 aliphatic rings. The number of hydrogen-bond acceptors (Lipinski definition) is 1. The SMILES string of the molecule is CCCCCCCC1CCC(c2ccc(-c3ccc(-c4ccc(CC)c(F)c4F)cc3)c(F)c2F)OC1. The van der Waals surface area contributed by atoms with Crippen LogP contribution >= 0.6 is 0 Å². The van der Waals surface area contributed by atoms with Crippen molar-refractivity contribution < 1.29 is 22.3 Å². The third-order valence-electron chi connectivity index (χ3n) is 7.60. The van der Waals surface area contributed by atoms with Crippen molar-refractivity contribution in [3.8, 4) is 22.3 Å². The molecule has 0 aromatic heterocycles. The first kappa shape index (κ1) is 27.4. The minimum atomic E-state index is -0.920. The Morgan fingerprint density at radius 1 is 0.676 bits per heavy atom. The van der Waals surface area contributed by atoms with E-state index in [9.17, 15) is 8.78 Å². The third-order valence-corrected chi connectivity index (χ3v) is 7.60. The maximum atomic E-state index is 15.1. The first-order valence-corrected chi connectivity index (χ1v) is 13.6. The molecule has 0 amide bonds. The molecule has 1 fully saturated rings. The fraction of sp³-hybridized carbons (Fsp3) is 0.438. The molecule has 0 aliphatic carbocycles. The van der Waals surface area contributed by atoms with Gasteiger partial charge in [0.1, 0.15) is 0 Å². The van der Waals surface area contributed by atoms with E-state index in [2.05, 4.69) is 6.92 Å². The highest BCUT2D eigenvalue weighted by atomic mass is 19.2. The maximum Gasteiger partial charge on any atom is 0.167 e. The summed E-state index contributed by atoms with van der Waals surface area (Å²) < 4.78 is 65.0. The van der Waals surface area contributed by atoms with E-state index >= 15 is 8.78 Å². The summed E-state index contributed by atoms with van der Waals surface area (Å²) in [6, 6.07) is 12.7. The Kier molecular flexibility index (Phi) is 9.42. The number of benzene rings is 3. The normalized spacial score (nSPS) is 17.8. The summed E-state index contributed by atoms with van der Waals surface area (Å²) in [7, 11) is 0. The Morgan fingerprint density at radius 3 is 1.89 bits per heavy atom. The summed E-state index contributed by atoms with van der Waals surface area (Å²) in [6.45, 7) is 4.55. The molecule has 0 saturated carbocycles. The van der Waals surface area contributed by atoms with Crippen molar-refractivity contribution in [2.24, 2.45) is 5.92 Å². The molecule has 0 N–H and O–H groups in total. The second kappa shape index (κ2) is 12.7. The fourth-order valence-electron chi connectivity index (χ4n) is 5.27. The highest BCUT2D eigenvalue weighted by Crippen LogP contribution is 2.37. The average Bonchev–Trinajstić information content (AvgIpc) is 2.92. The van der Waals surface area contributed by atoms with Crippen LogP contribution in [0.5, 0.6) is 0 Å². The van der Waals surface area contributed by atoms with Gasteiger partial charge in [0.15, 0.2) is 23.3 Å².